The summed E-state index contributed by atoms with van der Waals surface area (Å²) in [6.45, 7) is 5.35. The Morgan fingerprint density at radius 1 is 0.968 bits per heavy atom. The fourth-order valence-corrected chi connectivity index (χ4v) is 3.57. The smallest absolute Gasteiger partial charge is 0.321 e. The van der Waals surface area contributed by atoms with E-state index < -0.39 is 18.5 Å². The molecule has 2 amide bonds. The van der Waals surface area contributed by atoms with E-state index in [1.807, 2.05) is 6.92 Å². The van der Waals surface area contributed by atoms with Crippen LogP contribution < -0.4 is 10.6 Å². The van der Waals surface area contributed by atoms with Crippen LogP contribution in [0.25, 0.3) is 0 Å². The van der Waals surface area contributed by atoms with E-state index in [9.17, 15) is 22.8 Å². The third kappa shape index (κ3) is 5.88. The molecule has 0 radical (unpaired) electrons. The Labute approximate surface area is 180 Å². The summed E-state index contributed by atoms with van der Waals surface area (Å²) in [6.07, 6.45) is -2.85. The van der Waals surface area contributed by atoms with Gasteiger partial charge in [-0.2, -0.15) is 13.2 Å². The molecule has 10 heteroatoms. The van der Waals surface area contributed by atoms with Crippen molar-refractivity contribution in [3.8, 4) is 0 Å². The van der Waals surface area contributed by atoms with Gasteiger partial charge in [-0.3, -0.25) is 9.59 Å². The number of nitrogens with one attached hydrogen (secondary N) is 2. The Morgan fingerprint density at radius 2 is 1.71 bits per heavy atom. The Kier molecular flexibility index (Phi) is 6.40. The molecule has 0 saturated carbocycles. The lowest BCUT2D eigenvalue weighted by molar-refractivity contribution is -0.127. The van der Waals surface area contributed by atoms with Crippen molar-refractivity contribution in [2.75, 3.05) is 10.6 Å². The van der Waals surface area contributed by atoms with Crippen LogP contribution in [0.3, 0.4) is 0 Å². The van der Waals surface area contributed by atoms with E-state index in [0.29, 0.717) is 21.7 Å². The molecule has 0 fully saturated rings. The number of hydrogen-bond donors (Lipinski definition) is 2. The number of amides is 2. The number of carbonyl (C=O) groups is 2. The lowest BCUT2D eigenvalue weighted by atomic mass is 10.0. The molecule has 31 heavy (non-hydrogen) atoms. The normalized spacial score (nSPS) is 11.3. The minimum absolute atomic E-state index is 0.000294. The lowest BCUT2D eigenvalue weighted by Gasteiger charge is -2.13. The summed E-state index contributed by atoms with van der Waals surface area (Å²) in [5.74, 6) is -0.690. The first-order valence-electron chi connectivity index (χ1n) is 9.20. The summed E-state index contributed by atoms with van der Waals surface area (Å²) >= 11 is 1.26. The van der Waals surface area contributed by atoms with E-state index >= 15 is 0 Å². The number of hydrogen-bond acceptors (Lipinski definition) is 5. The summed E-state index contributed by atoms with van der Waals surface area (Å²) < 4.78 is 37.4. The third-order valence-electron chi connectivity index (χ3n) is 4.38. The predicted molar refractivity (Wildman–Crippen MR) is 113 cm³/mol. The number of thiazole rings is 1. The van der Waals surface area contributed by atoms with Crippen LogP contribution in [0.15, 0.2) is 36.7 Å². The highest BCUT2D eigenvalue weighted by Crippen LogP contribution is 2.24. The maximum absolute atomic E-state index is 12.7. The van der Waals surface area contributed by atoms with Gasteiger partial charge in [-0.15, -0.1) is 11.3 Å². The number of anilines is 2. The van der Waals surface area contributed by atoms with Gasteiger partial charge in [0, 0.05) is 17.4 Å². The van der Waals surface area contributed by atoms with E-state index in [2.05, 4.69) is 20.6 Å². The van der Waals surface area contributed by atoms with Crippen LogP contribution in [0.5, 0.6) is 0 Å². The molecule has 2 aromatic heterocycles. The Bertz CT molecular complexity index is 1120. The van der Waals surface area contributed by atoms with Crippen molar-refractivity contribution in [3.05, 3.63) is 68.8 Å². The first-order valence-corrected chi connectivity index (χ1v) is 10.0. The zero-order chi connectivity index (χ0) is 22.8. The molecule has 6 nitrogen and oxygen atoms in total. The van der Waals surface area contributed by atoms with Gasteiger partial charge in [0.2, 0.25) is 0 Å². The van der Waals surface area contributed by atoms with Gasteiger partial charge in [0.1, 0.15) is 10.7 Å². The second kappa shape index (κ2) is 8.84. The van der Waals surface area contributed by atoms with Crippen molar-refractivity contribution < 1.29 is 22.8 Å². The van der Waals surface area contributed by atoms with Crippen molar-refractivity contribution in [1.29, 1.82) is 0 Å². The molecule has 3 aromatic rings. The maximum Gasteiger partial charge on any atom is 0.393 e. The SMILES string of the molecule is Cc1ncc(C(=O)Nc2cc(C(=O)Nc3ccc(CC(F)(F)F)cn3)c(C)cc2C)s1. The fourth-order valence-electron chi connectivity index (χ4n) is 2.90. The van der Waals surface area contributed by atoms with Crippen molar-refractivity contribution >= 4 is 34.7 Å². The van der Waals surface area contributed by atoms with Crippen molar-refractivity contribution in [1.82, 2.24) is 9.97 Å². The minimum atomic E-state index is -4.33. The molecule has 3 rings (SSSR count). The Hall–Kier alpha value is -3.27. The predicted octanol–water partition coefficient (Wildman–Crippen LogP) is 5.07. The number of pyridine rings is 1. The Morgan fingerprint density at radius 3 is 2.29 bits per heavy atom. The zero-order valence-corrected chi connectivity index (χ0v) is 17.7. The number of nitrogens with zero attached hydrogens (tertiary/aromatic N) is 2. The van der Waals surface area contributed by atoms with Crippen molar-refractivity contribution in [3.63, 3.8) is 0 Å². The average Bonchev–Trinajstić information content (AvgIpc) is 3.10. The highest BCUT2D eigenvalue weighted by atomic mass is 32.1. The zero-order valence-electron chi connectivity index (χ0n) is 16.9. The molecule has 162 valence electrons. The van der Waals surface area contributed by atoms with Crippen LogP contribution in [0.1, 0.15) is 41.7 Å². The minimum Gasteiger partial charge on any atom is -0.321 e. The quantitative estimate of drug-likeness (QED) is 0.571. The van der Waals surface area contributed by atoms with Gasteiger partial charge in [0.05, 0.1) is 17.6 Å². The van der Waals surface area contributed by atoms with Crippen LogP contribution in [-0.4, -0.2) is 28.0 Å². The number of carbonyl (C=O) groups excluding carboxylic acids is 2. The van der Waals surface area contributed by atoms with Crippen LogP contribution in [0, 0.1) is 20.8 Å². The van der Waals surface area contributed by atoms with Crippen LogP contribution in [0.2, 0.25) is 0 Å². The molecule has 0 spiro atoms. The molecule has 0 saturated heterocycles. The van der Waals surface area contributed by atoms with E-state index in [1.165, 1.54) is 29.7 Å². The van der Waals surface area contributed by atoms with Gasteiger partial charge in [0.15, 0.2) is 0 Å². The van der Waals surface area contributed by atoms with Crippen LogP contribution >= 0.6 is 11.3 Å². The first-order chi connectivity index (χ1) is 14.5. The molecule has 0 atom stereocenters. The summed E-state index contributed by atoms with van der Waals surface area (Å²) in [6, 6.07) is 5.91. The summed E-state index contributed by atoms with van der Waals surface area (Å²) in [4.78, 5) is 33.5. The third-order valence-corrected chi connectivity index (χ3v) is 5.29. The molecular formula is C21H19F3N4O2S. The van der Waals surface area contributed by atoms with Gasteiger partial charge in [-0.05, 0) is 49.6 Å². The average molecular weight is 448 g/mol. The first kappa shape index (κ1) is 22.4. The molecule has 0 aliphatic rings. The molecule has 2 heterocycles. The number of alkyl halides is 3. The van der Waals surface area contributed by atoms with E-state index in [4.69, 9.17) is 0 Å². The Balaban J connectivity index is 1.76. The summed E-state index contributed by atoms with van der Waals surface area (Å²) in [7, 11) is 0. The number of benzene rings is 1. The van der Waals surface area contributed by atoms with Crippen molar-refractivity contribution in [2.45, 2.75) is 33.4 Å². The number of aromatic nitrogens is 2. The van der Waals surface area contributed by atoms with Gasteiger partial charge in [0.25, 0.3) is 11.8 Å². The molecule has 2 N–H and O–H groups in total. The monoisotopic (exact) mass is 448 g/mol. The molecule has 0 aliphatic heterocycles. The molecule has 0 unspecified atom stereocenters. The van der Waals surface area contributed by atoms with Gasteiger partial charge in [-0.1, -0.05) is 12.1 Å². The van der Waals surface area contributed by atoms with Gasteiger partial charge in [-0.25, -0.2) is 9.97 Å². The van der Waals surface area contributed by atoms with E-state index in [1.54, 1.807) is 26.0 Å². The molecule has 1 aromatic carbocycles. The topological polar surface area (TPSA) is 84.0 Å². The number of halogens is 3. The standard InChI is InChI=1S/C21H19F3N4O2S/c1-11-6-12(2)16(27-20(30)17-10-25-13(3)31-17)7-15(11)19(29)28-18-5-4-14(9-26-18)8-21(22,23)24/h4-7,9-10H,8H2,1-3H3,(H,27,30)(H,26,28,29). The molecular weight excluding hydrogens is 429 g/mol. The summed E-state index contributed by atoms with van der Waals surface area (Å²) in [5, 5.41) is 6.12. The fraction of sp³-hybridized carbons (Fsp3) is 0.238. The van der Waals surface area contributed by atoms with Crippen molar-refractivity contribution in [2.24, 2.45) is 0 Å². The lowest BCUT2D eigenvalue weighted by Crippen LogP contribution is -2.17. The largest absolute Gasteiger partial charge is 0.393 e. The van der Waals surface area contributed by atoms with E-state index in [-0.39, 0.29) is 17.3 Å². The second-order valence-corrected chi connectivity index (χ2v) is 8.21. The second-order valence-electron chi connectivity index (χ2n) is 6.98. The highest BCUT2D eigenvalue weighted by molar-refractivity contribution is 7.13. The molecule has 0 bridgehead atoms. The maximum atomic E-state index is 12.7. The van der Waals surface area contributed by atoms with Crippen LogP contribution in [0.4, 0.5) is 24.7 Å². The number of rotatable bonds is 5. The molecule has 0 aliphatic carbocycles. The highest BCUT2D eigenvalue weighted by Gasteiger charge is 2.27. The number of aryl methyl sites for hydroxylation is 3. The summed E-state index contributed by atoms with van der Waals surface area (Å²) in [5.41, 5.74) is 2.23. The van der Waals surface area contributed by atoms with Crippen LogP contribution in [-0.2, 0) is 6.42 Å². The van der Waals surface area contributed by atoms with Gasteiger partial charge < -0.3 is 10.6 Å². The van der Waals surface area contributed by atoms with E-state index in [0.717, 1.165) is 16.8 Å². The van der Waals surface area contributed by atoms with Gasteiger partial charge >= 0.3 is 6.18 Å².